The van der Waals surface area contributed by atoms with E-state index in [1.165, 1.54) is 26.5 Å². The standard InChI is InChI=1S/C35H25NS/c1-5-13-28(14-6-1)32-22-26(23-33(36-32)29-15-7-2-8-16-29)21-27-24-34(30-17-9-3-10-18-30)37-35(25-27)31-19-11-4-12-20-31/h1-25H. The molecule has 1 aliphatic heterocycles. The number of nitrogens with zero attached hydrogens (tertiary/aromatic N) is 1. The molecular formula is C35H25NS. The Balaban J connectivity index is 1.49. The molecule has 0 N–H and O–H groups in total. The van der Waals surface area contributed by atoms with E-state index in [-0.39, 0.29) is 0 Å². The lowest BCUT2D eigenvalue weighted by atomic mass is 10.0. The molecule has 37 heavy (non-hydrogen) atoms. The van der Waals surface area contributed by atoms with Crippen LogP contribution >= 0.6 is 11.8 Å². The minimum Gasteiger partial charge on any atom is -0.248 e. The highest BCUT2D eigenvalue weighted by Gasteiger charge is 2.15. The van der Waals surface area contributed by atoms with Crippen molar-refractivity contribution >= 4 is 27.6 Å². The summed E-state index contributed by atoms with van der Waals surface area (Å²) in [5, 5.41) is 0. The van der Waals surface area contributed by atoms with Gasteiger partial charge in [0.25, 0.3) is 0 Å². The van der Waals surface area contributed by atoms with E-state index in [0.29, 0.717) is 0 Å². The van der Waals surface area contributed by atoms with E-state index in [1.54, 1.807) is 0 Å². The maximum atomic E-state index is 5.03. The maximum Gasteiger partial charge on any atom is 0.0715 e. The number of hydrogen-bond donors (Lipinski definition) is 0. The van der Waals surface area contributed by atoms with Crippen LogP contribution in [0.25, 0.3) is 38.4 Å². The van der Waals surface area contributed by atoms with Crippen molar-refractivity contribution in [3.05, 3.63) is 168 Å². The molecule has 0 bridgehead atoms. The van der Waals surface area contributed by atoms with Crippen molar-refractivity contribution < 1.29 is 0 Å². The van der Waals surface area contributed by atoms with E-state index < -0.39 is 0 Å². The zero-order valence-corrected chi connectivity index (χ0v) is 21.1. The predicted octanol–water partition coefficient (Wildman–Crippen LogP) is 9.63. The molecule has 5 aromatic rings. The minimum atomic E-state index is 0.971. The van der Waals surface area contributed by atoms with Crippen molar-refractivity contribution in [2.24, 2.45) is 0 Å². The van der Waals surface area contributed by atoms with Gasteiger partial charge in [-0.2, -0.15) is 0 Å². The van der Waals surface area contributed by atoms with Gasteiger partial charge in [0.2, 0.25) is 0 Å². The number of aromatic nitrogens is 1. The van der Waals surface area contributed by atoms with Crippen LogP contribution in [0, 0.1) is 0 Å². The fourth-order valence-electron chi connectivity index (χ4n) is 4.44. The van der Waals surface area contributed by atoms with Crippen molar-refractivity contribution in [2.75, 3.05) is 0 Å². The van der Waals surface area contributed by atoms with Crippen molar-refractivity contribution in [3.63, 3.8) is 0 Å². The molecule has 0 spiro atoms. The second-order valence-electron chi connectivity index (χ2n) is 8.90. The molecule has 176 valence electrons. The molecule has 0 amide bonds. The number of benzene rings is 4. The molecular weight excluding hydrogens is 466 g/mol. The molecule has 0 fully saturated rings. The summed E-state index contributed by atoms with van der Waals surface area (Å²) in [6.45, 7) is 0. The van der Waals surface area contributed by atoms with Gasteiger partial charge in [0.05, 0.1) is 11.4 Å². The third-order valence-electron chi connectivity index (χ3n) is 6.25. The van der Waals surface area contributed by atoms with Crippen molar-refractivity contribution in [1.29, 1.82) is 0 Å². The van der Waals surface area contributed by atoms with Crippen LogP contribution in [-0.2, 0) is 0 Å². The smallest absolute Gasteiger partial charge is 0.0715 e. The number of thioether (sulfide) groups is 1. The summed E-state index contributed by atoms with van der Waals surface area (Å²) in [6.07, 6.45) is 6.85. The zero-order valence-electron chi connectivity index (χ0n) is 20.3. The third-order valence-corrected chi connectivity index (χ3v) is 7.40. The lowest BCUT2D eigenvalue weighted by Gasteiger charge is -2.17. The van der Waals surface area contributed by atoms with E-state index in [2.05, 4.69) is 140 Å². The highest BCUT2D eigenvalue weighted by atomic mass is 32.2. The number of allylic oxidation sites excluding steroid dienone is 3. The molecule has 0 unspecified atom stereocenters. The van der Waals surface area contributed by atoms with Gasteiger partial charge in [-0.25, -0.2) is 4.98 Å². The summed E-state index contributed by atoms with van der Waals surface area (Å²) < 4.78 is 0. The molecule has 1 aromatic heterocycles. The number of pyridine rings is 1. The van der Waals surface area contributed by atoms with Gasteiger partial charge >= 0.3 is 0 Å². The van der Waals surface area contributed by atoms with Crippen LogP contribution in [0.5, 0.6) is 0 Å². The Kier molecular flexibility index (Phi) is 6.66. The maximum absolute atomic E-state index is 5.03. The molecule has 0 saturated heterocycles. The van der Waals surface area contributed by atoms with Gasteiger partial charge in [-0.1, -0.05) is 133 Å². The molecule has 0 aliphatic carbocycles. The van der Waals surface area contributed by atoms with E-state index in [4.69, 9.17) is 4.98 Å². The summed E-state index contributed by atoms with van der Waals surface area (Å²) >= 11 is 1.82. The van der Waals surface area contributed by atoms with Crippen molar-refractivity contribution in [2.45, 2.75) is 0 Å². The van der Waals surface area contributed by atoms with Crippen LogP contribution < -0.4 is 0 Å². The first-order valence-corrected chi connectivity index (χ1v) is 13.2. The molecule has 6 rings (SSSR count). The van der Waals surface area contributed by atoms with Gasteiger partial charge in [-0.15, -0.1) is 0 Å². The Morgan fingerprint density at radius 2 is 0.838 bits per heavy atom. The average molecular weight is 492 g/mol. The Morgan fingerprint density at radius 1 is 0.459 bits per heavy atom. The van der Waals surface area contributed by atoms with Crippen LogP contribution in [0.4, 0.5) is 0 Å². The normalized spacial score (nSPS) is 13.0. The molecule has 2 heteroatoms. The van der Waals surface area contributed by atoms with Gasteiger partial charge in [0.1, 0.15) is 0 Å². The van der Waals surface area contributed by atoms with Crippen LogP contribution in [-0.4, -0.2) is 4.98 Å². The van der Waals surface area contributed by atoms with E-state index in [0.717, 1.165) is 28.1 Å². The summed E-state index contributed by atoms with van der Waals surface area (Å²) in [4.78, 5) is 7.52. The fourth-order valence-corrected chi connectivity index (χ4v) is 5.57. The molecule has 2 heterocycles. The van der Waals surface area contributed by atoms with E-state index in [9.17, 15) is 0 Å². The summed E-state index contributed by atoms with van der Waals surface area (Å²) in [5.74, 6) is 0. The Hall–Kier alpha value is -4.40. The first-order valence-electron chi connectivity index (χ1n) is 12.4. The average Bonchev–Trinajstić information content (AvgIpc) is 2.99. The lowest BCUT2D eigenvalue weighted by Crippen LogP contribution is -1.93. The van der Waals surface area contributed by atoms with Crippen molar-refractivity contribution in [1.82, 2.24) is 4.98 Å². The molecule has 4 aromatic carbocycles. The predicted molar refractivity (Wildman–Crippen MR) is 160 cm³/mol. The van der Waals surface area contributed by atoms with Gasteiger partial charge in [-0.05, 0) is 52.6 Å². The first-order chi connectivity index (χ1) is 18.3. The molecule has 0 saturated carbocycles. The van der Waals surface area contributed by atoms with Crippen LogP contribution in [0.1, 0.15) is 16.7 Å². The Morgan fingerprint density at radius 3 is 1.24 bits per heavy atom. The minimum absolute atomic E-state index is 0.971. The summed E-state index contributed by atoms with van der Waals surface area (Å²) in [5.41, 5.74) is 8.91. The number of hydrogen-bond acceptors (Lipinski definition) is 2. The van der Waals surface area contributed by atoms with E-state index >= 15 is 0 Å². The summed E-state index contributed by atoms with van der Waals surface area (Å²) in [7, 11) is 0. The number of rotatable bonds is 5. The highest BCUT2D eigenvalue weighted by Crippen LogP contribution is 2.44. The van der Waals surface area contributed by atoms with Gasteiger partial charge in [0.15, 0.2) is 0 Å². The van der Waals surface area contributed by atoms with Gasteiger partial charge < -0.3 is 0 Å². The molecule has 1 aliphatic rings. The highest BCUT2D eigenvalue weighted by molar-refractivity contribution is 8.16. The quantitative estimate of drug-likeness (QED) is 0.243. The SMILES string of the molecule is C(=C1C=C(c2ccccc2)SC(c2ccccc2)=C1)c1cc(-c2ccccc2)nc(-c2ccccc2)c1. The topological polar surface area (TPSA) is 12.9 Å². The second kappa shape index (κ2) is 10.7. The Bertz CT molecular complexity index is 1480. The lowest BCUT2D eigenvalue weighted by molar-refractivity contribution is 1.31. The van der Waals surface area contributed by atoms with Crippen molar-refractivity contribution in [3.8, 4) is 22.5 Å². The largest absolute Gasteiger partial charge is 0.248 e. The van der Waals surface area contributed by atoms with Crippen LogP contribution in [0.2, 0.25) is 0 Å². The second-order valence-corrected chi connectivity index (χ2v) is 9.98. The molecule has 1 nitrogen and oxygen atoms in total. The fraction of sp³-hybridized carbons (Fsp3) is 0. The van der Waals surface area contributed by atoms with Gasteiger partial charge in [-0.3, -0.25) is 0 Å². The molecule has 0 radical (unpaired) electrons. The molecule has 0 atom stereocenters. The monoisotopic (exact) mass is 491 g/mol. The summed E-state index contributed by atoms with van der Waals surface area (Å²) in [6, 6.07) is 46.4. The zero-order chi connectivity index (χ0) is 24.9. The third kappa shape index (κ3) is 5.40. The van der Waals surface area contributed by atoms with E-state index in [1.807, 2.05) is 23.9 Å². The van der Waals surface area contributed by atoms with Gasteiger partial charge in [0, 0.05) is 20.9 Å². The van der Waals surface area contributed by atoms with Crippen LogP contribution in [0.3, 0.4) is 0 Å². The Labute approximate surface area is 222 Å². The first kappa shape index (κ1) is 23.0. The van der Waals surface area contributed by atoms with Crippen LogP contribution in [0.15, 0.2) is 151 Å².